The van der Waals surface area contributed by atoms with Crippen LogP contribution in [0.3, 0.4) is 0 Å². The maximum absolute atomic E-state index is 5.34. The fraction of sp³-hybridized carbons (Fsp3) is 0.556. The molecular weight excluding hydrogens is 210 g/mol. The van der Waals surface area contributed by atoms with E-state index in [0.717, 1.165) is 18.7 Å². The van der Waals surface area contributed by atoms with E-state index in [2.05, 4.69) is 27.6 Å². The highest BCUT2D eigenvalue weighted by Crippen LogP contribution is 2.12. The zero-order chi connectivity index (χ0) is 11.1. The number of aliphatic imine (C=N–C) groups is 1. The number of nitrogens with zero attached hydrogens (tertiary/aromatic N) is 2. The highest BCUT2D eigenvalue weighted by atomic mass is 32.1. The summed E-state index contributed by atoms with van der Waals surface area (Å²) in [6, 6.07) is 0. The second kappa shape index (κ2) is 6.36. The van der Waals surface area contributed by atoms with Crippen molar-refractivity contribution in [3.05, 3.63) is 16.1 Å². The van der Waals surface area contributed by atoms with Gasteiger partial charge in [0.05, 0.1) is 17.7 Å². The van der Waals surface area contributed by atoms with E-state index in [1.165, 1.54) is 4.88 Å². The lowest BCUT2D eigenvalue weighted by Crippen LogP contribution is -2.41. The monoisotopic (exact) mass is 227 g/mol. The molecule has 0 aliphatic rings. The molecule has 0 aliphatic heterocycles. The van der Waals surface area contributed by atoms with E-state index in [0.29, 0.717) is 12.5 Å². The molecule has 0 amide bonds. The molecule has 0 spiro atoms. The minimum Gasteiger partial charge on any atom is -0.355 e. The standard InChI is InChI=1S/C9H17N5S/c1-3-4-11-9(14-10)12-5-8-7(2)13-6-15-8/h6H,3-5,10H2,1-2H3,(H2,11,12,14). The fourth-order valence-corrected chi connectivity index (χ4v) is 1.73. The van der Waals surface area contributed by atoms with Crippen LogP contribution in [-0.2, 0) is 6.54 Å². The number of thiazole rings is 1. The minimum absolute atomic E-state index is 0.618. The normalized spacial score (nSPS) is 11.5. The Morgan fingerprint density at radius 2 is 2.47 bits per heavy atom. The lowest BCUT2D eigenvalue weighted by molar-refractivity contribution is 0.791. The summed E-state index contributed by atoms with van der Waals surface area (Å²) in [5.74, 6) is 5.96. The van der Waals surface area contributed by atoms with Gasteiger partial charge in [-0.1, -0.05) is 6.92 Å². The number of rotatable bonds is 4. The smallest absolute Gasteiger partial charge is 0.206 e. The molecule has 6 heteroatoms. The Labute approximate surface area is 93.8 Å². The largest absolute Gasteiger partial charge is 0.355 e. The van der Waals surface area contributed by atoms with Gasteiger partial charge in [0, 0.05) is 11.4 Å². The molecule has 0 saturated heterocycles. The molecule has 4 N–H and O–H groups in total. The molecule has 0 radical (unpaired) electrons. The number of hydrogen-bond acceptors (Lipinski definition) is 4. The van der Waals surface area contributed by atoms with E-state index < -0.39 is 0 Å². The average Bonchev–Trinajstić information content (AvgIpc) is 2.65. The Hall–Kier alpha value is -1.14. The van der Waals surface area contributed by atoms with E-state index in [1.54, 1.807) is 11.3 Å². The quantitative estimate of drug-likeness (QED) is 0.307. The molecule has 0 unspecified atom stereocenters. The number of aromatic nitrogens is 1. The van der Waals surface area contributed by atoms with Crippen molar-refractivity contribution in [2.45, 2.75) is 26.8 Å². The van der Waals surface area contributed by atoms with Crippen LogP contribution in [0.25, 0.3) is 0 Å². The summed E-state index contributed by atoms with van der Waals surface area (Å²) in [5.41, 5.74) is 5.41. The summed E-state index contributed by atoms with van der Waals surface area (Å²) < 4.78 is 0. The van der Waals surface area contributed by atoms with E-state index in [1.807, 2.05) is 12.4 Å². The number of hydrazine groups is 1. The van der Waals surface area contributed by atoms with Crippen molar-refractivity contribution in [1.82, 2.24) is 15.7 Å². The predicted molar refractivity (Wildman–Crippen MR) is 63.6 cm³/mol. The zero-order valence-corrected chi connectivity index (χ0v) is 9.90. The van der Waals surface area contributed by atoms with Gasteiger partial charge in [0.25, 0.3) is 0 Å². The van der Waals surface area contributed by atoms with Crippen LogP contribution >= 0.6 is 11.3 Å². The molecule has 0 saturated carbocycles. The molecule has 0 bridgehead atoms. The molecule has 1 heterocycles. The molecule has 15 heavy (non-hydrogen) atoms. The van der Waals surface area contributed by atoms with Crippen LogP contribution in [-0.4, -0.2) is 17.5 Å². The van der Waals surface area contributed by atoms with Gasteiger partial charge in [-0.05, 0) is 13.3 Å². The van der Waals surface area contributed by atoms with Gasteiger partial charge in [-0.2, -0.15) is 0 Å². The summed E-state index contributed by atoms with van der Waals surface area (Å²) in [4.78, 5) is 9.65. The topological polar surface area (TPSA) is 75.3 Å². The summed E-state index contributed by atoms with van der Waals surface area (Å²) in [7, 11) is 0. The van der Waals surface area contributed by atoms with Crippen molar-refractivity contribution >= 4 is 17.3 Å². The van der Waals surface area contributed by atoms with Gasteiger partial charge in [-0.3, -0.25) is 5.43 Å². The van der Waals surface area contributed by atoms with Crippen LogP contribution in [0.1, 0.15) is 23.9 Å². The van der Waals surface area contributed by atoms with Gasteiger partial charge in [-0.25, -0.2) is 15.8 Å². The zero-order valence-electron chi connectivity index (χ0n) is 9.08. The first-order valence-corrected chi connectivity index (χ1v) is 5.79. The van der Waals surface area contributed by atoms with Crippen LogP contribution in [0.5, 0.6) is 0 Å². The third-order valence-electron chi connectivity index (χ3n) is 1.90. The Morgan fingerprint density at radius 3 is 3.00 bits per heavy atom. The summed E-state index contributed by atoms with van der Waals surface area (Å²) >= 11 is 1.61. The van der Waals surface area contributed by atoms with Crippen LogP contribution in [0, 0.1) is 6.92 Å². The minimum atomic E-state index is 0.618. The summed E-state index contributed by atoms with van der Waals surface area (Å²) in [6.07, 6.45) is 1.04. The molecule has 0 aliphatic carbocycles. The van der Waals surface area contributed by atoms with Crippen molar-refractivity contribution < 1.29 is 0 Å². The number of hydrogen-bond donors (Lipinski definition) is 3. The molecule has 5 nitrogen and oxygen atoms in total. The Morgan fingerprint density at radius 1 is 1.67 bits per heavy atom. The summed E-state index contributed by atoms with van der Waals surface area (Å²) in [5, 5.41) is 3.10. The predicted octanol–water partition coefficient (Wildman–Crippen LogP) is 0.770. The number of aryl methyl sites for hydroxylation is 1. The maximum atomic E-state index is 5.34. The first-order valence-electron chi connectivity index (χ1n) is 4.91. The number of nitrogens with two attached hydrogens (primary N) is 1. The Kier molecular flexibility index (Phi) is 5.06. The molecular formula is C9H17N5S. The van der Waals surface area contributed by atoms with Crippen LogP contribution < -0.4 is 16.6 Å². The SMILES string of the molecule is CCCNC(=NCc1scnc1C)NN. The lowest BCUT2D eigenvalue weighted by Gasteiger charge is -2.07. The second-order valence-corrected chi connectivity index (χ2v) is 4.04. The van der Waals surface area contributed by atoms with Crippen molar-refractivity contribution in [1.29, 1.82) is 0 Å². The van der Waals surface area contributed by atoms with Crippen molar-refractivity contribution in [2.24, 2.45) is 10.8 Å². The molecule has 0 fully saturated rings. The van der Waals surface area contributed by atoms with E-state index >= 15 is 0 Å². The Bertz CT molecular complexity index is 320. The van der Waals surface area contributed by atoms with Crippen molar-refractivity contribution in [2.75, 3.05) is 6.54 Å². The molecule has 0 atom stereocenters. The van der Waals surface area contributed by atoms with Gasteiger partial charge < -0.3 is 5.32 Å². The van der Waals surface area contributed by atoms with E-state index in [-0.39, 0.29) is 0 Å². The average molecular weight is 227 g/mol. The summed E-state index contributed by atoms with van der Waals surface area (Å²) in [6.45, 7) is 5.56. The third kappa shape index (κ3) is 3.85. The number of nitrogens with one attached hydrogen (secondary N) is 2. The van der Waals surface area contributed by atoms with E-state index in [9.17, 15) is 0 Å². The second-order valence-electron chi connectivity index (χ2n) is 3.10. The molecule has 1 aromatic heterocycles. The number of guanidine groups is 1. The van der Waals surface area contributed by atoms with Gasteiger partial charge >= 0.3 is 0 Å². The first-order chi connectivity index (χ1) is 7.27. The van der Waals surface area contributed by atoms with Gasteiger partial charge in [-0.15, -0.1) is 11.3 Å². The van der Waals surface area contributed by atoms with Crippen LogP contribution in [0.2, 0.25) is 0 Å². The molecule has 1 aromatic rings. The van der Waals surface area contributed by atoms with E-state index in [4.69, 9.17) is 5.84 Å². The third-order valence-corrected chi connectivity index (χ3v) is 2.82. The van der Waals surface area contributed by atoms with Gasteiger partial charge in [0.1, 0.15) is 0 Å². The van der Waals surface area contributed by atoms with Gasteiger partial charge in [0.15, 0.2) is 0 Å². The Balaban J connectivity index is 2.50. The highest BCUT2D eigenvalue weighted by Gasteiger charge is 2.00. The maximum Gasteiger partial charge on any atom is 0.206 e. The van der Waals surface area contributed by atoms with Crippen molar-refractivity contribution in [3.63, 3.8) is 0 Å². The highest BCUT2D eigenvalue weighted by molar-refractivity contribution is 7.09. The first kappa shape index (κ1) is 11.9. The molecule has 84 valence electrons. The van der Waals surface area contributed by atoms with Gasteiger partial charge in [0.2, 0.25) is 5.96 Å². The van der Waals surface area contributed by atoms with Crippen molar-refractivity contribution in [3.8, 4) is 0 Å². The molecule has 0 aromatic carbocycles. The fourth-order valence-electron chi connectivity index (χ4n) is 1.02. The molecule has 1 rings (SSSR count). The van der Waals surface area contributed by atoms with Crippen LogP contribution in [0.4, 0.5) is 0 Å². The lowest BCUT2D eigenvalue weighted by atomic mass is 10.4. The van der Waals surface area contributed by atoms with Crippen LogP contribution in [0.15, 0.2) is 10.5 Å².